The third kappa shape index (κ3) is 1.92. The van der Waals surface area contributed by atoms with Gasteiger partial charge in [0.1, 0.15) is 0 Å². The average Bonchev–Trinajstić information content (AvgIpc) is 2.67. The van der Waals surface area contributed by atoms with Gasteiger partial charge in [-0.05, 0) is 36.4 Å². The molecule has 0 aliphatic carbocycles. The fourth-order valence-corrected chi connectivity index (χ4v) is 3.31. The summed E-state index contributed by atoms with van der Waals surface area (Å²) in [6.45, 7) is 0. The van der Waals surface area contributed by atoms with Crippen molar-refractivity contribution in [2.75, 3.05) is 10.6 Å². The van der Waals surface area contributed by atoms with Crippen molar-refractivity contribution in [3.05, 3.63) is 60.7 Å². The van der Waals surface area contributed by atoms with Crippen molar-refractivity contribution in [1.29, 1.82) is 0 Å². The lowest BCUT2D eigenvalue weighted by Crippen LogP contribution is -2.06. The van der Waals surface area contributed by atoms with Gasteiger partial charge in [-0.25, -0.2) is 19.9 Å². The summed E-state index contributed by atoms with van der Waals surface area (Å²) in [5.41, 5.74) is 8.35. The Labute approximate surface area is 148 Å². The van der Waals surface area contributed by atoms with Gasteiger partial charge in [-0.2, -0.15) is 0 Å². The minimum absolute atomic E-state index is 0.556. The Bertz CT molecular complexity index is 1240. The summed E-state index contributed by atoms with van der Waals surface area (Å²) in [7, 11) is 0. The number of anilines is 4. The highest BCUT2D eigenvalue weighted by Crippen LogP contribution is 2.39. The molecule has 3 aromatic carbocycles. The molecule has 0 spiro atoms. The summed E-state index contributed by atoms with van der Waals surface area (Å²) < 4.78 is 0. The monoisotopic (exact) mass is 336 g/mol. The van der Waals surface area contributed by atoms with E-state index in [4.69, 9.17) is 0 Å². The van der Waals surface area contributed by atoms with Crippen molar-refractivity contribution in [3.63, 3.8) is 0 Å². The van der Waals surface area contributed by atoms with Crippen LogP contribution in [0.4, 0.5) is 22.7 Å². The maximum Gasteiger partial charge on any atom is 0.199 e. The molecule has 26 heavy (non-hydrogen) atoms. The molecule has 2 N–H and O–H groups in total. The van der Waals surface area contributed by atoms with Gasteiger partial charge in [0.05, 0.1) is 44.8 Å². The minimum Gasteiger partial charge on any atom is -0.352 e. The van der Waals surface area contributed by atoms with Crippen LogP contribution < -0.4 is 10.6 Å². The van der Waals surface area contributed by atoms with E-state index in [-0.39, 0.29) is 0 Å². The Morgan fingerprint density at radius 2 is 0.885 bits per heavy atom. The number of nitrogens with zero attached hydrogens (tertiary/aromatic N) is 4. The number of hydrogen-bond donors (Lipinski definition) is 2. The summed E-state index contributed by atoms with van der Waals surface area (Å²) in [5.74, 6) is 0. The molecule has 2 aromatic heterocycles. The second-order valence-corrected chi connectivity index (χ2v) is 6.27. The predicted octanol–water partition coefficient (Wildman–Crippen LogP) is 4.53. The summed E-state index contributed by atoms with van der Waals surface area (Å²) >= 11 is 0. The zero-order chi connectivity index (χ0) is 17.1. The van der Waals surface area contributed by atoms with Crippen LogP contribution >= 0.6 is 0 Å². The number of para-hydroxylation sites is 4. The molecular weight excluding hydrogens is 324 g/mol. The molecule has 3 heterocycles. The van der Waals surface area contributed by atoms with Crippen LogP contribution in [-0.2, 0) is 0 Å². The molecule has 0 saturated carbocycles. The van der Waals surface area contributed by atoms with E-state index in [1.807, 2.05) is 60.7 Å². The smallest absolute Gasteiger partial charge is 0.199 e. The van der Waals surface area contributed by atoms with E-state index in [0.29, 0.717) is 11.3 Å². The number of nitrogens with one attached hydrogen (secondary N) is 2. The van der Waals surface area contributed by atoms with Gasteiger partial charge >= 0.3 is 0 Å². The number of hydrogen-bond acceptors (Lipinski definition) is 6. The zero-order valence-corrected chi connectivity index (χ0v) is 13.6. The van der Waals surface area contributed by atoms with E-state index >= 15 is 0 Å². The van der Waals surface area contributed by atoms with Crippen LogP contribution in [0.5, 0.6) is 0 Å². The number of fused-ring (bicyclic) bond motifs is 5. The van der Waals surface area contributed by atoms with Crippen LogP contribution in [0, 0.1) is 0 Å². The van der Waals surface area contributed by atoms with E-state index in [1.165, 1.54) is 0 Å². The fraction of sp³-hybridized carbons (Fsp3) is 0. The lowest BCUT2D eigenvalue weighted by molar-refractivity contribution is 1.25. The molecule has 122 valence electrons. The molecule has 0 amide bonds. The number of rotatable bonds is 0. The van der Waals surface area contributed by atoms with E-state index in [2.05, 4.69) is 30.6 Å². The average molecular weight is 336 g/mol. The molecule has 0 fully saturated rings. The van der Waals surface area contributed by atoms with Gasteiger partial charge in [0.15, 0.2) is 11.3 Å². The fourth-order valence-electron chi connectivity index (χ4n) is 3.31. The van der Waals surface area contributed by atoms with E-state index in [9.17, 15) is 0 Å². The lowest BCUT2D eigenvalue weighted by Gasteiger charge is -2.23. The summed E-state index contributed by atoms with van der Waals surface area (Å²) in [5, 5.41) is 6.89. The molecule has 5 aromatic rings. The largest absolute Gasteiger partial charge is 0.352 e. The maximum atomic E-state index is 4.69. The van der Waals surface area contributed by atoms with E-state index < -0.39 is 0 Å². The van der Waals surface area contributed by atoms with Crippen molar-refractivity contribution in [2.45, 2.75) is 0 Å². The second kappa shape index (κ2) is 4.86. The Kier molecular flexibility index (Phi) is 2.52. The Morgan fingerprint density at radius 3 is 1.38 bits per heavy atom. The second-order valence-electron chi connectivity index (χ2n) is 6.27. The molecule has 1 aliphatic heterocycles. The van der Waals surface area contributed by atoms with Crippen LogP contribution in [0.3, 0.4) is 0 Å². The molecule has 0 bridgehead atoms. The van der Waals surface area contributed by atoms with Gasteiger partial charge in [0.25, 0.3) is 0 Å². The third-order valence-electron chi connectivity index (χ3n) is 4.57. The van der Waals surface area contributed by atoms with Gasteiger partial charge in [-0.1, -0.05) is 24.3 Å². The Morgan fingerprint density at radius 1 is 0.462 bits per heavy atom. The van der Waals surface area contributed by atoms with Gasteiger partial charge in [0.2, 0.25) is 0 Å². The van der Waals surface area contributed by atoms with E-state index in [0.717, 1.165) is 44.8 Å². The molecule has 0 saturated heterocycles. The Hall–Kier alpha value is -3.80. The standard InChI is InChI=1S/C20H12N6/c1-2-6-12-11(5-1)21-15-9-17-18(10-16(15)22-12)26-20-19(25-17)23-13-7-3-4-8-14(13)24-20/h1-10,21-22H. The number of benzene rings is 3. The Balaban J connectivity index is 1.59. The molecule has 0 radical (unpaired) electrons. The minimum atomic E-state index is 0.556. The highest BCUT2D eigenvalue weighted by atomic mass is 15.0. The molecule has 6 rings (SSSR count). The van der Waals surface area contributed by atoms with Gasteiger partial charge in [-0.3, -0.25) is 0 Å². The highest BCUT2D eigenvalue weighted by molar-refractivity contribution is 5.98. The van der Waals surface area contributed by atoms with Crippen LogP contribution in [0.15, 0.2) is 60.7 Å². The molecule has 0 unspecified atom stereocenters. The molecule has 0 atom stereocenters. The summed E-state index contributed by atoms with van der Waals surface area (Å²) in [6, 6.07) is 19.8. The van der Waals surface area contributed by atoms with Crippen molar-refractivity contribution >= 4 is 56.1 Å². The highest BCUT2D eigenvalue weighted by Gasteiger charge is 2.16. The zero-order valence-electron chi connectivity index (χ0n) is 13.6. The first kappa shape index (κ1) is 13.5. The molecule has 1 aliphatic rings. The first-order valence-electron chi connectivity index (χ1n) is 8.35. The summed E-state index contributed by atoms with van der Waals surface area (Å²) in [4.78, 5) is 18.6. The van der Waals surface area contributed by atoms with Crippen LogP contribution in [0.2, 0.25) is 0 Å². The normalized spacial score (nSPS) is 12.5. The quantitative estimate of drug-likeness (QED) is 0.397. The predicted molar refractivity (Wildman–Crippen MR) is 103 cm³/mol. The third-order valence-corrected chi connectivity index (χ3v) is 4.57. The maximum absolute atomic E-state index is 4.69. The van der Waals surface area contributed by atoms with Gasteiger partial charge < -0.3 is 10.6 Å². The summed E-state index contributed by atoms with van der Waals surface area (Å²) in [6.07, 6.45) is 0. The van der Waals surface area contributed by atoms with Gasteiger partial charge in [-0.15, -0.1) is 0 Å². The SMILES string of the molecule is c1ccc2c(c1)Nc1cc3nc4nc5ccccc5nc4nc3cc1N2. The van der Waals surface area contributed by atoms with Gasteiger partial charge in [0, 0.05) is 0 Å². The van der Waals surface area contributed by atoms with Crippen molar-refractivity contribution in [2.24, 2.45) is 0 Å². The topological polar surface area (TPSA) is 75.6 Å². The van der Waals surface area contributed by atoms with Crippen molar-refractivity contribution < 1.29 is 0 Å². The number of aromatic nitrogens is 4. The first-order valence-corrected chi connectivity index (χ1v) is 8.35. The van der Waals surface area contributed by atoms with E-state index in [1.54, 1.807) is 0 Å². The van der Waals surface area contributed by atoms with Crippen LogP contribution in [0.25, 0.3) is 33.4 Å². The van der Waals surface area contributed by atoms with Crippen LogP contribution in [-0.4, -0.2) is 19.9 Å². The molecule has 6 heteroatoms. The molecular formula is C20H12N6. The van der Waals surface area contributed by atoms with Crippen molar-refractivity contribution in [1.82, 2.24) is 19.9 Å². The van der Waals surface area contributed by atoms with Crippen LogP contribution in [0.1, 0.15) is 0 Å². The van der Waals surface area contributed by atoms with Crippen molar-refractivity contribution in [3.8, 4) is 0 Å². The first-order chi connectivity index (χ1) is 12.8. The molecule has 6 nitrogen and oxygen atoms in total. The lowest BCUT2D eigenvalue weighted by atomic mass is 10.1.